The van der Waals surface area contributed by atoms with Gasteiger partial charge in [0, 0.05) is 23.7 Å². The van der Waals surface area contributed by atoms with Crippen LogP contribution < -0.4 is 0 Å². The van der Waals surface area contributed by atoms with E-state index in [1.165, 1.54) is 11.8 Å². The summed E-state index contributed by atoms with van der Waals surface area (Å²) in [5.41, 5.74) is 3.01. The molecule has 1 unspecified atom stereocenters. The molecule has 156 valence electrons. The van der Waals surface area contributed by atoms with Gasteiger partial charge in [0.1, 0.15) is 11.5 Å². The van der Waals surface area contributed by atoms with E-state index in [1.54, 1.807) is 28.8 Å². The van der Waals surface area contributed by atoms with Crippen molar-refractivity contribution in [2.45, 2.75) is 24.5 Å². The van der Waals surface area contributed by atoms with Crippen LogP contribution in [0.25, 0.3) is 5.69 Å². The Morgan fingerprint density at radius 2 is 2.13 bits per heavy atom. The number of imidazole rings is 1. The van der Waals surface area contributed by atoms with Crippen molar-refractivity contribution in [3.8, 4) is 5.69 Å². The number of thioether (sulfide) groups is 1. The number of aromatic nitrogens is 2. The van der Waals surface area contributed by atoms with Gasteiger partial charge in [0.25, 0.3) is 5.91 Å². The van der Waals surface area contributed by atoms with Crippen LogP contribution in [0.2, 0.25) is 0 Å². The highest BCUT2D eigenvalue weighted by Gasteiger charge is 2.34. The molecule has 1 aliphatic heterocycles. The van der Waals surface area contributed by atoms with Gasteiger partial charge in [-0.05, 0) is 42.1 Å². The zero-order valence-corrected chi connectivity index (χ0v) is 18.5. The van der Waals surface area contributed by atoms with Crippen molar-refractivity contribution >= 4 is 34.7 Å². The molecule has 0 aliphatic carbocycles. The molecule has 6 nitrogen and oxygen atoms in total. The van der Waals surface area contributed by atoms with Crippen LogP contribution in [-0.2, 0) is 4.79 Å². The van der Waals surface area contributed by atoms with Crippen molar-refractivity contribution in [2.24, 2.45) is 5.10 Å². The first kappa shape index (κ1) is 19.8. The lowest BCUT2D eigenvalue weighted by Crippen LogP contribution is -2.28. The Bertz CT molecular complexity index is 1210. The molecule has 3 aromatic heterocycles. The molecular formula is C23H20N4O2S2. The van der Waals surface area contributed by atoms with Crippen LogP contribution in [0.1, 0.15) is 28.7 Å². The van der Waals surface area contributed by atoms with Crippen LogP contribution in [0, 0.1) is 6.92 Å². The summed E-state index contributed by atoms with van der Waals surface area (Å²) in [7, 11) is 0. The van der Waals surface area contributed by atoms with Crippen LogP contribution in [-0.4, -0.2) is 31.9 Å². The van der Waals surface area contributed by atoms with Gasteiger partial charge in [0.2, 0.25) is 0 Å². The fraction of sp³-hybridized carbons (Fsp3) is 0.174. The maximum absolute atomic E-state index is 13.2. The number of carbonyl (C=O) groups excluding carboxylic acids is 1. The van der Waals surface area contributed by atoms with Gasteiger partial charge in [-0.25, -0.2) is 9.99 Å². The molecule has 0 saturated carbocycles. The third-order valence-corrected chi connectivity index (χ3v) is 7.07. The molecule has 31 heavy (non-hydrogen) atoms. The standard InChI is InChI=1S/C23H20N4O2S2/c1-16-6-2-3-7-18(16)26-11-10-24-23(26)31-15-22(28)27-19(21-9-5-13-30-21)14-17(25-27)20-8-4-12-29-20/h2-13,19H,14-15H2,1H3. The lowest BCUT2D eigenvalue weighted by molar-refractivity contribution is -0.130. The first-order valence-corrected chi connectivity index (χ1v) is 11.8. The van der Waals surface area contributed by atoms with Gasteiger partial charge in [-0.1, -0.05) is 36.0 Å². The maximum Gasteiger partial charge on any atom is 0.253 e. The van der Waals surface area contributed by atoms with Crippen LogP contribution in [0.15, 0.2) is 87.2 Å². The number of hydrogen-bond donors (Lipinski definition) is 0. The fourth-order valence-corrected chi connectivity index (χ4v) is 5.27. The SMILES string of the molecule is Cc1ccccc1-n1ccnc1SCC(=O)N1N=C(c2ccco2)CC1c1cccs1. The average molecular weight is 449 g/mol. The molecule has 1 aromatic carbocycles. The van der Waals surface area contributed by atoms with Crippen LogP contribution in [0.5, 0.6) is 0 Å². The summed E-state index contributed by atoms with van der Waals surface area (Å²) in [6, 6.07) is 15.8. The lowest BCUT2D eigenvalue weighted by atomic mass is 10.1. The molecule has 5 rings (SSSR count). The van der Waals surface area contributed by atoms with Crippen molar-refractivity contribution in [3.05, 3.63) is 88.8 Å². The minimum absolute atomic E-state index is 0.0516. The molecule has 0 saturated heterocycles. The summed E-state index contributed by atoms with van der Waals surface area (Å²) in [6.45, 7) is 2.07. The van der Waals surface area contributed by atoms with Crippen molar-refractivity contribution < 1.29 is 9.21 Å². The first-order chi connectivity index (χ1) is 15.2. The second-order valence-electron chi connectivity index (χ2n) is 7.15. The number of amides is 1. The third kappa shape index (κ3) is 3.96. The second kappa shape index (κ2) is 8.56. The van der Waals surface area contributed by atoms with E-state index in [0.717, 1.165) is 27.0 Å². The Hall–Kier alpha value is -3.10. The second-order valence-corrected chi connectivity index (χ2v) is 9.07. The Morgan fingerprint density at radius 1 is 1.23 bits per heavy atom. The van der Waals surface area contributed by atoms with E-state index in [9.17, 15) is 4.79 Å². The number of aryl methyl sites for hydroxylation is 1. The van der Waals surface area contributed by atoms with Gasteiger partial charge in [-0.3, -0.25) is 9.36 Å². The molecule has 0 bridgehead atoms. The third-order valence-electron chi connectivity index (χ3n) is 5.15. The molecule has 0 fully saturated rings. The molecule has 0 N–H and O–H groups in total. The Balaban J connectivity index is 1.36. The minimum atomic E-state index is -0.107. The highest BCUT2D eigenvalue weighted by atomic mass is 32.2. The molecule has 4 heterocycles. The number of thiophene rings is 1. The van der Waals surface area contributed by atoms with E-state index in [1.807, 2.05) is 52.5 Å². The summed E-state index contributed by atoms with van der Waals surface area (Å²) in [6.07, 6.45) is 5.95. The van der Waals surface area contributed by atoms with Crippen molar-refractivity contribution in [2.75, 3.05) is 5.75 Å². The fourth-order valence-electron chi connectivity index (χ4n) is 3.64. The zero-order valence-electron chi connectivity index (χ0n) is 16.8. The Labute approximate surface area is 188 Å². The molecule has 1 atom stereocenters. The Kier molecular flexibility index (Phi) is 5.48. The number of hydrazone groups is 1. The average Bonchev–Trinajstić information content (AvgIpc) is 3.58. The summed E-state index contributed by atoms with van der Waals surface area (Å²) in [4.78, 5) is 18.8. The largest absolute Gasteiger partial charge is 0.463 e. The molecule has 1 aliphatic rings. The predicted molar refractivity (Wildman–Crippen MR) is 123 cm³/mol. The number of para-hydroxylation sites is 1. The van der Waals surface area contributed by atoms with E-state index in [2.05, 4.69) is 29.1 Å². The van der Waals surface area contributed by atoms with Crippen LogP contribution in [0.3, 0.4) is 0 Å². The van der Waals surface area contributed by atoms with Gasteiger partial charge >= 0.3 is 0 Å². The normalized spacial score (nSPS) is 16.0. The molecule has 0 radical (unpaired) electrons. The molecular weight excluding hydrogens is 428 g/mol. The molecule has 0 spiro atoms. The van der Waals surface area contributed by atoms with Crippen molar-refractivity contribution in [1.29, 1.82) is 0 Å². The number of furan rings is 1. The van der Waals surface area contributed by atoms with Gasteiger partial charge in [-0.15, -0.1) is 11.3 Å². The van der Waals surface area contributed by atoms with Gasteiger partial charge < -0.3 is 4.42 Å². The molecule has 1 amide bonds. The molecule has 4 aromatic rings. The van der Waals surface area contributed by atoms with Crippen molar-refractivity contribution in [1.82, 2.24) is 14.6 Å². The number of hydrogen-bond acceptors (Lipinski definition) is 6. The smallest absolute Gasteiger partial charge is 0.253 e. The summed E-state index contributed by atoms with van der Waals surface area (Å²) >= 11 is 3.06. The van der Waals surface area contributed by atoms with E-state index in [-0.39, 0.29) is 17.7 Å². The highest BCUT2D eigenvalue weighted by Crippen LogP contribution is 2.36. The monoisotopic (exact) mass is 448 g/mol. The quantitative estimate of drug-likeness (QED) is 0.375. The van der Waals surface area contributed by atoms with Gasteiger partial charge in [-0.2, -0.15) is 5.10 Å². The number of carbonyl (C=O) groups is 1. The van der Waals surface area contributed by atoms with E-state index in [4.69, 9.17) is 4.42 Å². The highest BCUT2D eigenvalue weighted by molar-refractivity contribution is 7.99. The van der Waals surface area contributed by atoms with Gasteiger partial charge in [0.05, 0.1) is 23.7 Å². The lowest BCUT2D eigenvalue weighted by Gasteiger charge is -2.20. The number of benzene rings is 1. The molecule has 8 heteroatoms. The topological polar surface area (TPSA) is 63.6 Å². The maximum atomic E-state index is 13.2. The van der Waals surface area contributed by atoms with Crippen LogP contribution >= 0.6 is 23.1 Å². The van der Waals surface area contributed by atoms with E-state index >= 15 is 0 Å². The van der Waals surface area contributed by atoms with E-state index < -0.39 is 0 Å². The summed E-state index contributed by atoms with van der Waals surface area (Å²) < 4.78 is 7.54. The number of nitrogens with zero attached hydrogens (tertiary/aromatic N) is 4. The first-order valence-electron chi connectivity index (χ1n) is 9.89. The summed E-state index contributed by atoms with van der Waals surface area (Å²) in [5.74, 6) is 0.906. The number of rotatable bonds is 6. The Morgan fingerprint density at radius 3 is 2.90 bits per heavy atom. The summed E-state index contributed by atoms with van der Waals surface area (Å²) in [5, 5.41) is 9.05. The van der Waals surface area contributed by atoms with E-state index in [0.29, 0.717) is 12.2 Å². The van der Waals surface area contributed by atoms with Crippen molar-refractivity contribution in [3.63, 3.8) is 0 Å². The van der Waals surface area contributed by atoms with Crippen LogP contribution in [0.4, 0.5) is 0 Å². The minimum Gasteiger partial charge on any atom is -0.463 e. The predicted octanol–water partition coefficient (Wildman–Crippen LogP) is 5.31. The zero-order chi connectivity index (χ0) is 21.2. The van der Waals surface area contributed by atoms with Gasteiger partial charge in [0.15, 0.2) is 5.16 Å².